The van der Waals surface area contributed by atoms with Crippen LogP contribution in [0.3, 0.4) is 0 Å². The van der Waals surface area contributed by atoms with E-state index in [4.69, 9.17) is 4.74 Å². The predicted molar refractivity (Wildman–Crippen MR) is 73.2 cm³/mol. The summed E-state index contributed by atoms with van der Waals surface area (Å²) in [4.78, 5) is 11.7. The van der Waals surface area contributed by atoms with Gasteiger partial charge in [-0.2, -0.15) is 5.10 Å². The first kappa shape index (κ1) is 13.1. The number of hydrogen-bond acceptors (Lipinski definition) is 3. The fraction of sp³-hybridized carbons (Fsp3) is 0.286. The lowest BCUT2D eigenvalue weighted by Gasteiger charge is -2.07. The van der Waals surface area contributed by atoms with Crippen molar-refractivity contribution in [3.63, 3.8) is 0 Å². The molecule has 5 heteroatoms. The Morgan fingerprint density at radius 1 is 1.42 bits per heavy atom. The molecule has 1 aromatic carbocycles. The van der Waals surface area contributed by atoms with Crippen molar-refractivity contribution < 1.29 is 9.53 Å². The van der Waals surface area contributed by atoms with Crippen LogP contribution in [0.25, 0.3) is 0 Å². The fourth-order valence-electron chi connectivity index (χ4n) is 1.64. The number of nitrogens with zero attached hydrogens (tertiary/aromatic N) is 1. The van der Waals surface area contributed by atoms with Crippen LogP contribution in [-0.2, 0) is 4.79 Å². The van der Waals surface area contributed by atoms with Crippen LogP contribution in [-0.4, -0.2) is 22.7 Å². The maximum atomic E-state index is 11.7. The number of aromatic nitrogens is 2. The summed E-state index contributed by atoms with van der Waals surface area (Å²) in [5.74, 6) is 1.33. The average molecular weight is 259 g/mol. The molecule has 0 spiro atoms. The van der Waals surface area contributed by atoms with Crippen LogP contribution in [0.5, 0.6) is 5.75 Å². The molecular formula is C14H17N3O2. The molecule has 0 unspecified atom stereocenters. The molecule has 19 heavy (non-hydrogen) atoms. The second-order valence-corrected chi connectivity index (χ2v) is 4.39. The zero-order chi connectivity index (χ0) is 13.7. The molecule has 1 heterocycles. The molecule has 2 aromatic rings. The highest BCUT2D eigenvalue weighted by Gasteiger charge is 2.06. The van der Waals surface area contributed by atoms with E-state index in [-0.39, 0.29) is 5.91 Å². The molecule has 0 bridgehead atoms. The third-order valence-corrected chi connectivity index (χ3v) is 2.68. The molecule has 2 rings (SSSR count). The first-order valence-corrected chi connectivity index (χ1v) is 6.14. The van der Waals surface area contributed by atoms with E-state index in [1.165, 1.54) is 0 Å². The molecule has 0 radical (unpaired) electrons. The number of nitrogens with one attached hydrogen (secondary N) is 2. The van der Waals surface area contributed by atoms with E-state index in [1.807, 2.05) is 38.1 Å². The van der Waals surface area contributed by atoms with Gasteiger partial charge in [-0.15, -0.1) is 0 Å². The molecule has 0 saturated carbocycles. The Balaban J connectivity index is 1.77. The van der Waals surface area contributed by atoms with E-state index in [1.54, 1.807) is 6.20 Å². The van der Waals surface area contributed by atoms with Gasteiger partial charge >= 0.3 is 0 Å². The van der Waals surface area contributed by atoms with E-state index in [0.717, 1.165) is 16.9 Å². The summed E-state index contributed by atoms with van der Waals surface area (Å²) in [6, 6.07) is 7.75. The standard InChI is InChI=1S/C14H17N3O2/c1-10-4-3-5-12(8-10)19-7-6-13(18)16-14-11(2)9-15-17-14/h3-5,8-9H,6-7H2,1-2H3,(H2,15,16,17,18). The lowest BCUT2D eigenvalue weighted by molar-refractivity contribution is -0.116. The number of anilines is 1. The zero-order valence-corrected chi connectivity index (χ0v) is 11.1. The van der Waals surface area contributed by atoms with Gasteiger partial charge in [0.25, 0.3) is 0 Å². The minimum Gasteiger partial charge on any atom is -0.493 e. The molecular weight excluding hydrogens is 242 g/mol. The van der Waals surface area contributed by atoms with Crippen molar-refractivity contribution in [2.24, 2.45) is 0 Å². The predicted octanol–water partition coefficient (Wildman–Crippen LogP) is 2.43. The third-order valence-electron chi connectivity index (χ3n) is 2.68. The molecule has 0 aliphatic rings. The maximum Gasteiger partial charge on any atom is 0.228 e. The molecule has 100 valence electrons. The van der Waals surface area contributed by atoms with Crippen molar-refractivity contribution >= 4 is 11.7 Å². The molecule has 0 aliphatic heterocycles. The van der Waals surface area contributed by atoms with Gasteiger partial charge in [0.05, 0.1) is 19.2 Å². The quantitative estimate of drug-likeness (QED) is 0.866. The average Bonchev–Trinajstić information content (AvgIpc) is 2.75. The lowest BCUT2D eigenvalue weighted by atomic mass is 10.2. The number of carbonyl (C=O) groups is 1. The van der Waals surface area contributed by atoms with Crippen molar-refractivity contribution in [1.82, 2.24) is 10.2 Å². The van der Waals surface area contributed by atoms with E-state index in [0.29, 0.717) is 18.8 Å². The SMILES string of the molecule is Cc1cccc(OCCC(=O)Nc2[nH]ncc2C)c1. The maximum absolute atomic E-state index is 11.7. The Morgan fingerprint density at radius 3 is 2.95 bits per heavy atom. The van der Waals surface area contributed by atoms with Crippen LogP contribution in [0.1, 0.15) is 17.5 Å². The van der Waals surface area contributed by atoms with Crippen molar-refractivity contribution in [1.29, 1.82) is 0 Å². The van der Waals surface area contributed by atoms with E-state index >= 15 is 0 Å². The van der Waals surface area contributed by atoms with E-state index in [9.17, 15) is 4.79 Å². The first-order valence-electron chi connectivity index (χ1n) is 6.14. The number of aryl methyl sites for hydroxylation is 2. The number of hydrogen-bond donors (Lipinski definition) is 2. The minimum atomic E-state index is -0.0972. The number of H-pyrrole nitrogens is 1. The van der Waals surface area contributed by atoms with E-state index in [2.05, 4.69) is 15.5 Å². The minimum absolute atomic E-state index is 0.0972. The van der Waals surface area contributed by atoms with Gasteiger partial charge in [-0.25, -0.2) is 0 Å². The zero-order valence-electron chi connectivity index (χ0n) is 11.1. The monoisotopic (exact) mass is 259 g/mol. The third kappa shape index (κ3) is 3.84. The van der Waals surface area contributed by atoms with Crippen LogP contribution >= 0.6 is 0 Å². The van der Waals surface area contributed by atoms with Gasteiger partial charge in [-0.05, 0) is 31.5 Å². The van der Waals surface area contributed by atoms with Crippen LogP contribution in [0, 0.1) is 13.8 Å². The normalized spacial score (nSPS) is 10.2. The highest BCUT2D eigenvalue weighted by molar-refractivity contribution is 5.90. The first-order chi connectivity index (χ1) is 9.15. The fourth-order valence-corrected chi connectivity index (χ4v) is 1.64. The smallest absolute Gasteiger partial charge is 0.228 e. The summed E-state index contributed by atoms with van der Waals surface area (Å²) in [5.41, 5.74) is 2.04. The number of aromatic amines is 1. The molecule has 1 amide bonds. The Labute approximate surface area is 112 Å². The molecule has 0 atom stereocenters. The number of ether oxygens (including phenoxy) is 1. The van der Waals surface area contributed by atoms with E-state index < -0.39 is 0 Å². The second kappa shape index (κ2) is 6.04. The van der Waals surface area contributed by atoms with Crippen molar-refractivity contribution in [2.75, 3.05) is 11.9 Å². The van der Waals surface area contributed by atoms with Gasteiger partial charge in [0.1, 0.15) is 11.6 Å². The van der Waals surface area contributed by atoms with Gasteiger partial charge in [0.15, 0.2) is 0 Å². The second-order valence-electron chi connectivity index (χ2n) is 4.39. The topological polar surface area (TPSA) is 67.0 Å². The Hall–Kier alpha value is -2.30. The summed E-state index contributed by atoms with van der Waals surface area (Å²) in [7, 11) is 0. The van der Waals surface area contributed by atoms with Crippen LogP contribution in [0.4, 0.5) is 5.82 Å². The number of amides is 1. The Morgan fingerprint density at radius 2 is 2.26 bits per heavy atom. The summed E-state index contributed by atoms with van der Waals surface area (Å²) in [6.07, 6.45) is 1.96. The van der Waals surface area contributed by atoms with Crippen molar-refractivity contribution in [3.8, 4) is 5.75 Å². The molecule has 5 nitrogen and oxygen atoms in total. The molecule has 2 N–H and O–H groups in total. The van der Waals surface area contributed by atoms with Gasteiger partial charge in [-0.3, -0.25) is 9.89 Å². The van der Waals surface area contributed by atoms with Crippen molar-refractivity contribution in [2.45, 2.75) is 20.3 Å². The van der Waals surface area contributed by atoms with Gasteiger partial charge in [0, 0.05) is 5.56 Å². The number of rotatable bonds is 5. The van der Waals surface area contributed by atoms with Gasteiger partial charge < -0.3 is 10.1 Å². The molecule has 0 aliphatic carbocycles. The highest BCUT2D eigenvalue weighted by Crippen LogP contribution is 2.13. The Bertz CT molecular complexity index is 563. The van der Waals surface area contributed by atoms with Gasteiger partial charge in [0.2, 0.25) is 5.91 Å². The summed E-state index contributed by atoms with van der Waals surface area (Å²) >= 11 is 0. The van der Waals surface area contributed by atoms with Crippen molar-refractivity contribution in [3.05, 3.63) is 41.6 Å². The summed E-state index contributed by atoms with van der Waals surface area (Å²) in [5, 5.41) is 9.32. The van der Waals surface area contributed by atoms with Crippen LogP contribution in [0.2, 0.25) is 0 Å². The Kier molecular flexibility index (Phi) is 4.18. The number of carbonyl (C=O) groups excluding carboxylic acids is 1. The molecule has 0 fully saturated rings. The largest absolute Gasteiger partial charge is 0.493 e. The van der Waals surface area contributed by atoms with Crippen LogP contribution in [0.15, 0.2) is 30.5 Å². The summed E-state index contributed by atoms with van der Waals surface area (Å²) < 4.78 is 5.52. The van der Waals surface area contributed by atoms with Crippen LogP contribution < -0.4 is 10.1 Å². The molecule has 1 aromatic heterocycles. The highest BCUT2D eigenvalue weighted by atomic mass is 16.5. The number of benzene rings is 1. The van der Waals surface area contributed by atoms with Gasteiger partial charge in [-0.1, -0.05) is 12.1 Å². The molecule has 0 saturated heterocycles. The summed E-state index contributed by atoms with van der Waals surface area (Å²) in [6.45, 7) is 4.23. The lowest BCUT2D eigenvalue weighted by Crippen LogP contribution is -2.16.